The molecule has 0 unspecified atom stereocenters. The van der Waals surface area contributed by atoms with Crippen LogP contribution in [-0.2, 0) is 10.0 Å². The van der Waals surface area contributed by atoms with E-state index in [1.54, 1.807) is 0 Å². The number of nitro groups is 1. The van der Waals surface area contributed by atoms with Crippen LogP contribution in [0, 0.1) is 10.1 Å². The van der Waals surface area contributed by atoms with Gasteiger partial charge in [0.05, 0.1) is 9.82 Å². The Labute approximate surface area is 125 Å². The summed E-state index contributed by atoms with van der Waals surface area (Å²) in [5.74, 6) is 0. The van der Waals surface area contributed by atoms with Crippen molar-refractivity contribution >= 4 is 15.7 Å². The van der Waals surface area contributed by atoms with Gasteiger partial charge in [-0.05, 0) is 18.6 Å². The van der Waals surface area contributed by atoms with Gasteiger partial charge in [0.25, 0.3) is 5.69 Å². The fraction of sp³-hybridized carbons (Fsp3) is 0.571. The molecule has 0 bridgehead atoms. The Kier molecular flexibility index (Phi) is 7.31. The summed E-state index contributed by atoms with van der Waals surface area (Å²) in [6, 6.07) is 4.89. The molecule has 1 rings (SSSR count). The van der Waals surface area contributed by atoms with Gasteiger partial charge in [0.1, 0.15) is 0 Å². The van der Waals surface area contributed by atoms with E-state index in [1.165, 1.54) is 43.5 Å². The molecule has 0 atom stereocenters. The Hall–Kier alpha value is -1.47. The fourth-order valence-electron chi connectivity index (χ4n) is 1.94. The SMILES string of the molecule is CCCCCCCCNS(=O)(=O)c1ccc([N+](=O)[O-])cc1. The van der Waals surface area contributed by atoms with Gasteiger partial charge in [-0.1, -0.05) is 39.0 Å². The predicted octanol–water partition coefficient (Wildman–Crippen LogP) is 3.23. The van der Waals surface area contributed by atoms with Crippen LogP contribution >= 0.6 is 0 Å². The minimum Gasteiger partial charge on any atom is -0.258 e. The second kappa shape index (κ2) is 8.74. The molecular weight excluding hydrogens is 292 g/mol. The average Bonchev–Trinajstić information content (AvgIpc) is 2.46. The summed E-state index contributed by atoms with van der Waals surface area (Å²) >= 11 is 0. The molecule has 0 radical (unpaired) electrons. The molecule has 1 aromatic carbocycles. The van der Waals surface area contributed by atoms with E-state index >= 15 is 0 Å². The first-order valence-electron chi connectivity index (χ1n) is 7.21. The molecule has 21 heavy (non-hydrogen) atoms. The number of nitrogens with zero attached hydrogens (tertiary/aromatic N) is 1. The van der Waals surface area contributed by atoms with E-state index in [0.717, 1.165) is 19.3 Å². The van der Waals surface area contributed by atoms with Crippen molar-refractivity contribution in [2.24, 2.45) is 0 Å². The molecule has 7 heteroatoms. The van der Waals surface area contributed by atoms with Crippen molar-refractivity contribution in [1.29, 1.82) is 0 Å². The first-order chi connectivity index (χ1) is 9.97. The molecule has 0 spiro atoms. The van der Waals surface area contributed by atoms with Gasteiger partial charge in [0.2, 0.25) is 10.0 Å². The zero-order valence-electron chi connectivity index (χ0n) is 12.2. The van der Waals surface area contributed by atoms with Gasteiger partial charge < -0.3 is 0 Å². The van der Waals surface area contributed by atoms with Gasteiger partial charge in [0, 0.05) is 18.7 Å². The van der Waals surface area contributed by atoms with E-state index in [9.17, 15) is 18.5 Å². The summed E-state index contributed by atoms with van der Waals surface area (Å²) < 4.78 is 26.5. The Morgan fingerprint density at radius 2 is 1.62 bits per heavy atom. The van der Waals surface area contributed by atoms with E-state index in [0.29, 0.717) is 6.54 Å². The zero-order chi connectivity index (χ0) is 15.7. The standard InChI is InChI=1S/C14H22N2O4S/c1-2-3-4-5-6-7-12-15-21(19,20)14-10-8-13(9-11-14)16(17)18/h8-11,15H,2-7,12H2,1H3. The molecule has 0 aliphatic carbocycles. The molecule has 0 aliphatic rings. The maximum atomic E-state index is 12.0. The Balaban J connectivity index is 2.41. The van der Waals surface area contributed by atoms with Crippen LogP contribution in [0.2, 0.25) is 0 Å². The smallest absolute Gasteiger partial charge is 0.258 e. The van der Waals surface area contributed by atoms with Gasteiger partial charge in [0.15, 0.2) is 0 Å². The molecule has 118 valence electrons. The van der Waals surface area contributed by atoms with Crippen LogP contribution < -0.4 is 4.72 Å². The average molecular weight is 314 g/mol. The molecule has 0 fully saturated rings. The molecule has 1 aromatic rings. The molecule has 0 heterocycles. The van der Waals surface area contributed by atoms with Crippen LogP contribution in [0.3, 0.4) is 0 Å². The summed E-state index contributed by atoms with van der Waals surface area (Å²) in [7, 11) is -3.57. The molecule has 6 nitrogen and oxygen atoms in total. The number of rotatable bonds is 10. The summed E-state index contributed by atoms with van der Waals surface area (Å²) in [5, 5.41) is 10.5. The number of benzene rings is 1. The first-order valence-corrected chi connectivity index (χ1v) is 8.70. The zero-order valence-corrected chi connectivity index (χ0v) is 13.1. The highest BCUT2D eigenvalue weighted by molar-refractivity contribution is 7.89. The quantitative estimate of drug-likeness (QED) is 0.408. The molecule has 0 saturated carbocycles. The topological polar surface area (TPSA) is 89.3 Å². The van der Waals surface area contributed by atoms with E-state index in [-0.39, 0.29) is 10.6 Å². The monoisotopic (exact) mass is 314 g/mol. The summed E-state index contributed by atoms with van der Waals surface area (Å²) in [6.07, 6.45) is 6.51. The van der Waals surface area contributed by atoms with Crippen molar-refractivity contribution in [1.82, 2.24) is 4.72 Å². The number of nitro benzene ring substituents is 1. The third-order valence-corrected chi connectivity index (χ3v) is 4.66. The van der Waals surface area contributed by atoms with Gasteiger partial charge in [-0.2, -0.15) is 0 Å². The van der Waals surface area contributed by atoms with Crippen molar-refractivity contribution in [3.63, 3.8) is 0 Å². The highest BCUT2D eigenvalue weighted by atomic mass is 32.2. The lowest BCUT2D eigenvalue weighted by Gasteiger charge is -2.06. The normalized spacial score (nSPS) is 11.5. The third-order valence-electron chi connectivity index (χ3n) is 3.18. The Morgan fingerprint density at radius 1 is 1.05 bits per heavy atom. The van der Waals surface area contributed by atoms with E-state index in [4.69, 9.17) is 0 Å². The number of non-ortho nitro benzene ring substituents is 1. The molecule has 0 aliphatic heterocycles. The van der Waals surface area contributed by atoms with Crippen LogP contribution in [0.1, 0.15) is 45.4 Å². The predicted molar refractivity (Wildman–Crippen MR) is 81.7 cm³/mol. The molecule has 0 amide bonds. The van der Waals surface area contributed by atoms with Crippen molar-refractivity contribution in [2.45, 2.75) is 50.3 Å². The number of nitrogens with one attached hydrogen (secondary N) is 1. The number of unbranched alkanes of at least 4 members (excludes halogenated alkanes) is 5. The lowest BCUT2D eigenvalue weighted by Crippen LogP contribution is -2.24. The van der Waals surface area contributed by atoms with Gasteiger partial charge in [-0.15, -0.1) is 0 Å². The van der Waals surface area contributed by atoms with E-state index < -0.39 is 14.9 Å². The summed E-state index contributed by atoms with van der Waals surface area (Å²) in [4.78, 5) is 10.0. The van der Waals surface area contributed by atoms with Crippen LogP contribution in [0.5, 0.6) is 0 Å². The van der Waals surface area contributed by atoms with E-state index in [1.807, 2.05) is 0 Å². The largest absolute Gasteiger partial charge is 0.269 e. The Bertz CT molecular complexity index is 541. The molecular formula is C14H22N2O4S. The maximum absolute atomic E-state index is 12.0. The fourth-order valence-corrected chi connectivity index (χ4v) is 3.02. The van der Waals surface area contributed by atoms with Crippen molar-refractivity contribution in [2.75, 3.05) is 6.54 Å². The number of hydrogen-bond donors (Lipinski definition) is 1. The molecule has 1 N–H and O–H groups in total. The summed E-state index contributed by atoms with van der Waals surface area (Å²) in [6.45, 7) is 2.55. The van der Waals surface area contributed by atoms with Gasteiger partial charge in [-0.25, -0.2) is 13.1 Å². The van der Waals surface area contributed by atoms with Gasteiger partial charge >= 0.3 is 0 Å². The van der Waals surface area contributed by atoms with Crippen LogP contribution in [-0.4, -0.2) is 19.9 Å². The van der Waals surface area contributed by atoms with E-state index in [2.05, 4.69) is 11.6 Å². The van der Waals surface area contributed by atoms with Crippen LogP contribution in [0.15, 0.2) is 29.2 Å². The lowest BCUT2D eigenvalue weighted by atomic mass is 10.1. The maximum Gasteiger partial charge on any atom is 0.269 e. The Morgan fingerprint density at radius 3 is 2.19 bits per heavy atom. The number of hydrogen-bond acceptors (Lipinski definition) is 4. The second-order valence-corrected chi connectivity index (χ2v) is 6.68. The number of sulfonamides is 1. The van der Waals surface area contributed by atoms with Gasteiger partial charge in [-0.3, -0.25) is 10.1 Å². The van der Waals surface area contributed by atoms with Crippen LogP contribution in [0.4, 0.5) is 5.69 Å². The first kappa shape index (κ1) is 17.6. The highest BCUT2D eigenvalue weighted by Crippen LogP contribution is 2.15. The van der Waals surface area contributed by atoms with Crippen molar-refractivity contribution < 1.29 is 13.3 Å². The minimum absolute atomic E-state index is 0.0547. The highest BCUT2D eigenvalue weighted by Gasteiger charge is 2.14. The van der Waals surface area contributed by atoms with Crippen molar-refractivity contribution in [3.8, 4) is 0 Å². The molecule has 0 saturated heterocycles. The second-order valence-electron chi connectivity index (χ2n) is 4.92. The lowest BCUT2D eigenvalue weighted by molar-refractivity contribution is -0.384. The summed E-state index contributed by atoms with van der Waals surface area (Å²) in [5.41, 5.74) is -0.120. The van der Waals surface area contributed by atoms with Crippen LogP contribution in [0.25, 0.3) is 0 Å². The molecule has 0 aromatic heterocycles. The third kappa shape index (κ3) is 6.22. The van der Waals surface area contributed by atoms with Crippen molar-refractivity contribution in [3.05, 3.63) is 34.4 Å². The minimum atomic E-state index is -3.57.